The minimum absolute atomic E-state index is 0.0781. The largest absolute Gasteiger partial charge is 0.468 e. The molecule has 170 valence electrons. The zero-order valence-corrected chi connectivity index (χ0v) is 18.2. The van der Waals surface area contributed by atoms with Crippen LogP contribution in [-0.2, 0) is 19.8 Å². The van der Waals surface area contributed by atoms with Crippen LogP contribution in [0.3, 0.4) is 0 Å². The predicted molar refractivity (Wildman–Crippen MR) is 113 cm³/mol. The van der Waals surface area contributed by atoms with Gasteiger partial charge in [0, 0.05) is 63.3 Å². The van der Waals surface area contributed by atoms with E-state index in [2.05, 4.69) is 28.2 Å². The first-order valence-electron chi connectivity index (χ1n) is 10.6. The molecule has 0 radical (unpaired) electrons. The van der Waals surface area contributed by atoms with Crippen LogP contribution in [0.25, 0.3) is 0 Å². The van der Waals surface area contributed by atoms with Crippen molar-refractivity contribution in [3.63, 3.8) is 0 Å². The SMILES string of the molecule is CCn1cc(CN2CCN(C(=O)c3ccn(COc4ccc(F)cc4F)n3)CC2)c(C)n1. The maximum Gasteiger partial charge on any atom is 0.274 e. The summed E-state index contributed by atoms with van der Waals surface area (Å²) in [6, 6.07) is 4.70. The number of piperazine rings is 1. The van der Waals surface area contributed by atoms with Gasteiger partial charge >= 0.3 is 0 Å². The first-order valence-corrected chi connectivity index (χ1v) is 10.6. The molecule has 0 saturated carbocycles. The second-order valence-corrected chi connectivity index (χ2v) is 7.75. The van der Waals surface area contributed by atoms with Gasteiger partial charge in [0.1, 0.15) is 5.82 Å². The lowest BCUT2D eigenvalue weighted by molar-refractivity contribution is 0.0620. The van der Waals surface area contributed by atoms with Crippen LogP contribution in [0.1, 0.15) is 28.7 Å². The number of halogens is 2. The zero-order valence-electron chi connectivity index (χ0n) is 18.2. The Balaban J connectivity index is 1.29. The molecule has 0 unspecified atom stereocenters. The molecule has 1 aliphatic heterocycles. The molecule has 1 saturated heterocycles. The molecule has 4 rings (SSSR count). The summed E-state index contributed by atoms with van der Waals surface area (Å²) in [4.78, 5) is 16.9. The van der Waals surface area contributed by atoms with Crippen molar-refractivity contribution in [2.24, 2.45) is 0 Å². The van der Waals surface area contributed by atoms with E-state index in [0.717, 1.165) is 44.0 Å². The highest BCUT2D eigenvalue weighted by molar-refractivity contribution is 5.92. The highest BCUT2D eigenvalue weighted by Gasteiger charge is 2.24. The lowest BCUT2D eigenvalue weighted by Crippen LogP contribution is -2.48. The Hall–Kier alpha value is -3.27. The van der Waals surface area contributed by atoms with Crippen LogP contribution < -0.4 is 4.74 Å². The summed E-state index contributed by atoms with van der Waals surface area (Å²) in [5.74, 6) is -1.69. The van der Waals surface area contributed by atoms with Gasteiger partial charge in [-0.1, -0.05) is 0 Å². The van der Waals surface area contributed by atoms with E-state index in [-0.39, 0.29) is 18.4 Å². The molecule has 2 aromatic heterocycles. The third-order valence-corrected chi connectivity index (χ3v) is 5.53. The lowest BCUT2D eigenvalue weighted by Gasteiger charge is -2.34. The summed E-state index contributed by atoms with van der Waals surface area (Å²) in [6.07, 6.45) is 3.68. The number of aromatic nitrogens is 4. The van der Waals surface area contributed by atoms with E-state index in [9.17, 15) is 13.6 Å². The number of rotatable bonds is 7. The Kier molecular flexibility index (Phi) is 6.50. The van der Waals surface area contributed by atoms with E-state index < -0.39 is 11.6 Å². The molecule has 0 bridgehead atoms. The molecule has 3 heterocycles. The van der Waals surface area contributed by atoms with Crippen LogP contribution in [0.4, 0.5) is 8.78 Å². The van der Waals surface area contributed by atoms with Crippen molar-refractivity contribution in [1.82, 2.24) is 29.4 Å². The second-order valence-electron chi connectivity index (χ2n) is 7.75. The van der Waals surface area contributed by atoms with Crippen LogP contribution in [-0.4, -0.2) is 61.4 Å². The van der Waals surface area contributed by atoms with E-state index in [1.165, 1.54) is 16.3 Å². The van der Waals surface area contributed by atoms with Gasteiger partial charge in [0.2, 0.25) is 0 Å². The fourth-order valence-corrected chi connectivity index (χ4v) is 3.66. The maximum absolute atomic E-state index is 13.7. The first kappa shape index (κ1) is 21.9. The fraction of sp³-hybridized carbons (Fsp3) is 0.409. The predicted octanol–water partition coefficient (Wildman–Crippen LogP) is 2.68. The average molecular weight is 444 g/mol. The van der Waals surface area contributed by atoms with Crippen LogP contribution in [0.2, 0.25) is 0 Å². The number of aryl methyl sites for hydroxylation is 2. The first-order chi connectivity index (χ1) is 15.4. The van der Waals surface area contributed by atoms with Crippen LogP contribution in [0, 0.1) is 18.6 Å². The van der Waals surface area contributed by atoms with Crippen molar-refractivity contribution in [3.05, 3.63) is 65.2 Å². The van der Waals surface area contributed by atoms with Crippen molar-refractivity contribution in [2.45, 2.75) is 33.7 Å². The maximum atomic E-state index is 13.7. The quantitative estimate of drug-likeness (QED) is 0.561. The number of hydrogen-bond donors (Lipinski definition) is 0. The summed E-state index contributed by atoms with van der Waals surface area (Å²) in [6.45, 7) is 8.44. The van der Waals surface area contributed by atoms with Gasteiger partial charge in [-0.25, -0.2) is 13.5 Å². The normalized spacial score (nSPS) is 14.7. The Morgan fingerprint density at radius 3 is 2.56 bits per heavy atom. The van der Waals surface area contributed by atoms with Gasteiger partial charge in [0.15, 0.2) is 24.0 Å². The molecule has 1 aliphatic rings. The summed E-state index contributed by atoms with van der Waals surface area (Å²) >= 11 is 0. The van der Waals surface area contributed by atoms with Crippen LogP contribution in [0.15, 0.2) is 36.7 Å². The number of carbonyl (C=O) groups is 1. The van der Waals surface area contributed by atoms with Crippen molar-refractivity contribution in [3.8, 4) is 5.75 Å². The molecule has 0 aliphatic carbocycles. The van der Waals surface area contributed by atoms with Crippen molar-refractivity contribution < 1.29 is 18.3 Å². The number of hydrogen-bond acceptors (Lipinski definition) is 5. The van der Waals surface area contributed by atoms with E-state index >= 15 is 0 Å². The molecule has 1 fully saturated rings. The second kappa shape index (κ2) is 9.47. The zero-order chi connectivity index (χ0) is 22.7. The van der Waals surface area contributed by atoms with Gasteiger partial charge < -0.3 is 9.64 Å². The standard InChI is InChI=1S/C22H26F2N6O2/c1-3-29-14-17(16(2)25-29)13-27-8-10-28(11-9-27)22(31)20-6-7-30(26-20)15-32-21-5-4-18(23)12-19(21)24/h4-7,12,14H,3,8-11,13,15H2,1-2H3. The molecule has 1 amide bonds. The van der Waals surface area contributed by atoms with Gasteiger partial charge in [-0.05, 0) is 32.0 Å². The van der Waals surface area contributed by atoms with Gasteiger partial charge in [-0.3, -0.25) is 14.4 Å². The molecule has 0 spiro atoms. The van der Waals surface area contributed by atoms with Gasteiger partial charge in [-0.15, -0.1) is 0 Å². The Labute approximate surface area is 185 Å². The fourth-order valence-electron chi connectivity index (χ4n) is 3.66. The number of amides is 1. The molecular weight excluding hydrogens is 418 g/mol. The molecule has 0 N–H and O–H groups in total. The molecular formula is C22H26F2N6O2. The van der Waals surface area contributed by atoms with E-state index in [0.29, 0.717) is 18.8 Å². The summed E-state index contributed by atoms with van der Waals surface area (Å²) in [5, 5.41) is 8.73. The average Bonchev–Trinajstić information content (AvgIpc) is 3.40. The highest BCUT2D eigenvalue weighted by Crippen LogP contribution is 2.18. The molecule has 32 heavy (non-hydrogen) atoms. The summed E-state index contributed by atoms with van der Waals surface area (Å²) in [5.41, 5.74) is 2.56. The lowest BCUT2D eigenvalue weighted by atomic mass is 10.2. The number of carbonyl (C=O) groups excluding carboxylic acids is 1. The Morgan fingerprint density at radius 1 is 1.09 bits per heavy atom. The monoisotopic (exact) mass is 444 g/mol. The van der Waals surface area contributed by atoms with E-state index in [1.807, 2.05) is 11.6 Å². The molecule has 1 aromatic carbocycles. The summed E-state index contributed by atoms with van der Waals surface area (Å²) in [7, 11) is 0. The van der Waals surface area contributed by atoms with Crippen molar-refractivity contribution >= 4 is 5.91 Å². The summed E-state index contributed by atoms with van der Waals surface area (Å²) < 4.78 is 35.3. The molecule has 3 aromatic rings. The van der Waals surface area contributed by atoms with Crippen LogP contribution >= 0.6 is 0 Å². The topological polar surface area (TPSA) is 68.4 Å². The molecule has 8 nitrogen and oxygen atoms in total. The van der Waals surface area contributed by atoms with Crippen molar-refractivity contribution in [2.75, 3.05) is 26.2 Å². The third kappa shape index (κ3) is 4.96. The minimum atomic E-state index is -0.788. The third-order valence-electron chi connectivity index (χ3n) is 5.53. The highest BCUT2D eigenvalue weighted by atomic mass is 19.1. The molecule has 0 atom stereocenters. The smallest absolute Gasteiger partial charge is 0.274 e. The Morgan fingerprint density at radius 2 is 1.88 bits per heavy atom. The van der Waals surface area contributed by atoms with E-state index in [1.54, 1.807) is 17.2 Å². The van der Waals surface area contributed by atoms with E-state index in [4.69, 9.17) is 4.74 Å². The van der Waals surface area contributed by atoms with Gasteiger partial charge in [-0.2, -0.15) is 10.2 Å². The van der Waals surface area contributed by atoms with Crippen molar-refractivity contribution in [1.29, 1.82) is 0 Å². The number of benzene rings is 1. The van der Waals surface area contributed by atoms with Crippen LogP contribution in [0.5, 0.6) is 5.75 Å². The van der Waals surface area contributed by atoms with Gasteiger partial charge in [0.25, 0.3) is 5.91 Å². The Bertz CT molecular complexity index is 1090. The number of nitrogens with zero attached hydrogens (tertiary/aromatic N) is 6. The number of ether oxygens (including phenoxy) is 1. The molecule has 10 heteroatoms. The van der Waals surface area contributed by atoms with Gasteiger partial charge in [0.05, 0.1) is 5.69 Å². The minimum Gasteiger partial charge on any atom is -0.468 e.